The minimum Gasteiger partial charge on any atom is -0.344 e. The van der Waals surface area contributed by atoms with Crippen molar-refractivity contribution in [2.45, 2.75) is 25.3 Å². The molecule has 1 aliphatic heterocycles. The molecule has 3 heteroatoms. The summed E-state index contributed by atoms with van der Waals surface area (Å²) >= 11 is 0. The van der Waals surface area contributed by atoms with Crippen molar-refractivity contribution in [2.75, 3.05) is 6.54 Å². The fourth-order valence-corrected chi connectivity index (χ4v) is 2.72. The maximum Gasteiger partial charge on any atom is 0.125 e. The van der Waals surface area contributed by atoms with Crippen LogP contribution in [0.2, 0.25) is 0 Å². The molecule has 0 radical (unpaired) electrons. The molecule has 0 amide bonds. The van der Waals surface area contributed by atoms with Crippen molar-refractivity contribution >= 4 is 10.9 Å². The number of nitrogens with zero attached hydrogens (tertiary/aromatic N) is 1. The SMILES string of the molecule is NCC1CCCn2c1cc1ccc(F)cc12. The highest BCUT2D eigenvalue weighted by molar-refractivity contribution is 5.81. The fourth-order valence-electron chi connectivity index (χ4n) is 2.72. The number of rotatable bonds is 1. The number of hydrogen-bond acceptors (Lipinski definition) is 1. The van der Waals surface area contributed by atoms with Crippen LogP contribution in [0.15, 0.2) is 24.3 Å². The normalized spacial score (nSPS) is 20.0. The van der Waals surface area contributed by atoms with Gasteiger partial charge in [0.05, 0.1) is 5.52 Å². The second-order valence-corrected chi connectivity index (χ2v) is 4.50. The lowest BCUT2D eigenvalue weighted by molar-refractivity contribution is 0.467. The van der Waals surface area contributed by atoms with E-state index >= 15 is 0 Å². The Labute approximate surface area is 93.9 Å². The van der Waals surface area contributed by atoms with Crippen LogP contribution in [0.3, 0.4) is 0 Å². The Morgan fingerprint density at radius 3 is 3.06 bits per heavy atom. The molecule has 0 aliphatic carbocycles. The summed E-state index contributed by atoms with van der Waals surface area (Å²) in [7, 11) is 0. The zero-order valence-electron chi connectivity index (χ0n) is 9.12. The van der Waals surface area contributed by atoms with Crippen molar-refractivity contribution in [1.82, 2.24) is 4.57 Å². The Hall–Kier alpha value is -1.35. The first-order valence-corrected chi connectivity index (χ1v) is 5.78. The van der Waals surface area contributed by atoms with Crippen LogP contribution in [0, 0.1) is 5.82 Å². The van der Waals surface area contributed by atoms with E-state index < -0.39 is 0 Å². The average molecular weight is 218 g/mol. The van der Waals surface area contributed by atoms with Gasteiger partial charge in [0.2, 0.25) is 0 Å². The molecule has 1 aliphatic rings. The summed E-state index contributed by atoms with van der Waals surface area (Å²) in [6.45, 7) is 1.66. The third kappa shape index (κ3) is 1.35. The van der Waals surface area contributed by atoms with Gasteiger partial charge in [-0.25, -0.2) is 4.39 Å². The molecule has 0 saturated carbocycles. The van der Waals surface area contributed by atoms with Crippen LogP contribution in [0.5, 0.6) is 0 Å². The van der Waals surface area contributed by atoms with Crippen molar-refractivity contribution in [2.24, 2.45) is 5.73 Å². The highest BCUT2D eigenvalue weighted by Gasteiger charge is 2.21. The van der Waals surface area contributed by atoms with E-state index in [0.717, 1.165) is 30.3 Å². The van der Waals surface area contributed by atoms with Gasteiger partial charge in [-0.3, -0.25) is 0 Å². The number of nitrogens with two attached hydrogens (primary N) is 1. The van der Waals surface area contributed by atoms with Gasteiger partial charge in [-0.1, -0.05) is 0 Å². The van der Waals surface area contributed by atoms with E-state index in [1.807, 2.05) is 6.07 Å². The van der Waals surface area contributed by atoms with E-state index in [-0.39, 0.29) is 5.82 Å². The quantitative estimate of drug-likeness (QED) is 0.783. The fraction of sp³-hybridized carbons (Fsp3) is 0.385. The zero-order chi connectivity index (χ0) is 11.1. The van der Waals surface area contributed by atoms with E-state index in [4.69, 9.17) is 5.73 Å². The molecule has 2 nitrogen and oxygen atoms in total. The number of halogens is 1. The minimum absolute atomic E-state index is 0.164. The van der Waals surface area contributed by atoms with Crippen molar-refractivity contribution in [1.29, 1.82) is 0 Å². The zero-order valence-corrected chi connectivity index (χ0v) is 9.12. The van der Waals surface area contributed by atoms with Crippen LogP contribution < -0.4 is 5.73 Å². The Kier molecular flexibility index (Phi) is 2.21. The Balaban J connectivity index is 2.24. The van der Waals surface area contributed by atoms with Crippen molar-refractivity contribution in [3.63, 3.8) is 0 Å². The average Bonchev–Trinajstić information content (AvgIpc) is 2.67. The molecule has 1 atom stereocenters. The first kappa shape index (κ1) is 9.85. The second-order valence-electron chi connectivity index (χ2n) is 4.50. The summed E-state index contributed by atoms with van der Waals surface area (Å²) in [5.74, 6) is 0.271. The number of fused-ring (bicyclic) bond motifs is 3. The third-order valence-corrected chi connectivity index (χ3v) is 3.54. The van der Waals surface area contributed by atoms with Crippen LogP contribution in [0.4, 0.5) is 4.39 Å². The number of aromatic nitrogens is 1. The molecule has 2 heterocycles. The van der Waals surface area contributed by atoms with Gasteiger partial charge < -0.3 is 10.3 Å². The summed E-state index contributed by atoms with van der Waals surface area (Å²) in [5, 5.41) is 1.12. The maximum absolute atomic E-state index is 13.2. The lowest BCUT2D eigenvalue weighted by atomic mass is 9.96. The topological polar surface area (TPSA) is 30.9 Å². The van der Waals surface area contributed by atoms with E-state index in [0.29, 0.717) is 12.5 Å². The van der Waals surface area contributed by atoms with Crippen LogP contribution in [0.1, 0.15) is 24.5 Å². The summed E-state index contributed by atoms with van der Waals surface area (Å²) in [6.07, 6.45) is 2.28. The van der Waals surface area contributed by atoms with Crippen LogP contribution in [-0.2, 0) is 6.54 Å². The van der Waals surface area contributed by atoms with Gasteiger partial charge in [-0.15, -0.1) is 0 Å². The van der Waals surface area contributed by atoms with Gasteiger partial charge in [0, 0.05) is 30.1 Å². The molecule has 3 rings (SSSR count). The molecule has 0 fully saturated rings. The Bertz CT molecular complexity index is 530. The highest BCUT2D eigenvalue weighted by Crippen LogP contribution is 2.32. The predicted molar refractivity (Wildman–Crippen MR) is 62.9 cm³/mol. The van der Waals surface area contributed by atoms with Gasteiger partial charge in [-0.05, 0) is 37.1 Å². The van der Waals surface area contributed by atoms with Crippen molar-refractivity contribution in [3.8, 4) is 0 Å². The largest absolute Gasteiger partial charge is 0.344 e. The Morgan fingerprint density at radius 2 is 2.25 bits per heavy atom. The maximum atomic E-state index is 13.2. The molecule has 1 aromatic carbocycles. The lowest BCUT2D eigenvalue weighted by Crippen LogP contribution is -2.21. The van der Waals surface area contributed by atoms with Gasteiger partial charge >= 0.3 is 0 Å². The Morgan fingerprint density at radius 1 is 1.38 bits per heavy atom. The molecule has 0 saturated heterocycles. The monoisotopic (exact) mass is 218 g/mol. The summed E-state index contributed by atoms with van der Waals surface area (Å²) in [5.41, 5.74) is 8.06. The summed E-state index contributed by atoms with van der Waals surface area (Å²) < 4.78 is 15.4. The molecule has 0 spiro atoms. The van der Waals surface area contributed by atoms with E-state index in [9.17, 15) is 4.39 Å². The standard InChI is InChI=1S/C13H15FN2/c14-11-4-3-9-6-12-10(8-15)2-1-5-16(12)13(9)7-11/h3-4,6-7,10H,1-2,5,8,15H2. The minimum atomic E-state index is -0.164. The van der Waals surface area contributed by atoms with Crippen LogP contribution >= 0.6 is 0 Å². The molecule has 84 valence electrons. The molecule has 1 aromatic heterocycles. The first-order chi connectivity index (χ1) is 7.79. The van der Waals surface area contributed by atoms with Gasteiger partial charge in [0.25, 0.3) is 0 Å². The van der Waals surface area contributed by atoms with Gasteiger partial charge in [0.15, 0.2) is 0 Å². The molecule has 2 aromatic rings. The van der Waals surface area contributed by atoms with Crippen LogP contribution in [0.25, 0.3) is 10.9 Å². The molecule has 2 N–H and O–H groups in total. The summed E-state index contributed by atoms with van der Waals surface area (Å²) in [4.78, 5) is 0. The second kappa shape index (κ2) is 3.59. The smallest absolute Gasteiger partial charge is 0.125 e. The molecular weight excluding hydrogens is 203 g/mol. The van der Waals surface area contributed by atoms with Crippen LogP contribution in [-0.4, -0.2) is 11.1 Å². The molecule has 1 unspecified atom stereocenters. The molecular formula is C13H15FN2. The predicted octanol–water partition coefficient (Wildman–Crippen LogP) is 2.62. The lowest BCUT2D eigenvalue weighted by Gasteiger charge is -2.24. The molecule has 0 bridgehead atoms. The van der Waals surface area contributed by atoms with Gasteiger partial charge in [0.1, 0.15) is 5.82 Å². The van der Waals surface area contributed by atoms with E-state index in [1.54, 1.807) is 6.07 Å². The van der Waals surface area contributed by atoms with Crippen molar-refractivity contribution < 1.29 is 4.39 Å². The van der Waals surface area contributed by atoms with E-state index in [1.165, 1.54) is 11.8 Å². The van der Waals surface area contributed by atoms with E-state index in [2.05, 4.69) is 10.6 Å². The first-order valence-electron chi connectivity index (χ1n) is 5.78. The third-order valence-electron chi connectivity index (χ3n) is 3.54. The number of aryl methyl sites for hydroxylation is 1. The highest BCUT2D eigenvalue weighted by atomic mass is 19.1. The number of benzene rings is 1. The molecule has 16 heavy (non-hydrogen) atoms. The van der Waals surface area contributed by atoms with Crippen molar-refractivity contribution in [3.05, 3.63) is 35.8 Å². The summed E-state index contributed by atoms with van der Waals surface area (Å²) in [6, 6.07) is 7.15. The van der Waals surface area contributed by atoms with Gasteiger partial charge in [-0.2, -0.15) is 0 Å². The number of hydrogen-bond donors (Lipinski definition) is 1.